The molecule has 0 saturated heterocycles. The van der Waals surface area contributed by atoms with Crippen LogP contribution in [-0.4, -0.2) is 25.1 Å². The van der Waals surface area contributed by atoms with Gasteiger partial charge in [0.05, 0.1) is 5.39 Å². The van der Waals surface area contributed by atoms with Crippen molar-refractivity contribution in [3.8, 4) is 0 Å². The van der Waals surface area contributed by atoms with Crippen molar-refractivity contribution in [3.63, 3.8) is 0 Å². The summed E-state index contributed by atoms with van der Waals surface area (Å²) in [4.78, 5) is 35.6. The van der Waals surface area contributed by atoms with Crippen molar-refractivity contribution < 1.29 is 4.79 Å². The maximum atomic E-state index is 12.6. The van der Waals surface area contributed by atoms with E-state index in [0.29, 0.717) is 5.65 Å². The average Bonchev–Trinajstić information content (AvgIpc) is 3.08. The number of rotatable bonds is 3. The van der Waals surface area contributed by atoms with Gasteiger partial charge in [0, 0.05) is 10.6 Å². The monoisotopic (exact) mass is 381 g/mol. The molecule has 1 N–H and O–H groups in total. The van der Waals surface area contributed by atoms with Crippen LogP contribution in [-0.2, 0) is 11.3 Å². The molecule has 0 radical (unpaired) electrons. The quantitative estimate of drug-likeness (QED) is 0.592. The molecule has 0 spiro atoms. The van der Waals surface area contributed by atoms with Crippen LogP contribution >= 0.6 is 11.3 Å². The Bertz CT molecular complexity index is 1240. The lowest BCUT2D eigenvalue weighted by molar-refractivity contribution is -0.117. The Morgan fingerprint density at radius 3 is 2.59 bits per heavy atom. The first-order valence-corrected chi connectivity index (χ1v) is 9.38. The zero-order valence-electron chi connectivity index (χ0n) is 15.5. The van der Waals surface area contributed by atoms with Crippen molar-refractivity contribution >= 4 is 38.8 Å². The number of hydrogen-bond acceptors (Lipinski definition) is 5. The molecule has 0 saturated carbocycles. The molecular weight excluding hydrogens is 362 g/mol. The van der Waals surface area contributed by atoms with Crippen LogP contribution in [0.3, 0.4) is 0 Å². The Hall–Kier alpha value is -3.00. The van der Waals surface area contributed by atoms with E-state index >= 15 is 0 Å². The van der Waals surface area contributed by atoms with Gasteiger partial charge in [0.15, 0.2) is 5.65 Å². The molecule has 0 aliphatic heterocycles. The number of nitrogens with one attached hydrogen (secondary N) is 1. The number of carbonyl (C=O) groups is 1. The zero-order valence-corrected chi connectivity index (χ0v) is 16.3. The van der Waals surface area contributed by atoms with Crippen LogP contribution in [0.25, 0.3) is 15.9 Å². The summed E-state index contributed by atoms with van der Waals surface area (Å²) in [6, 6.07) is 5.81. The largest absolute Gasteiger partial charge is 0.365 e. The van der Waals surface area contributed by atoms with E-state index in [-0.39, 0.29) is 12.5 Å². The van der Waals surface area contributed by atoms with Gasteiger partial charge in [0.1, 0.15) is 17.7 Å². The summed E-state index contributed by atoms with van der Waals surface area (Å²) in [7, 11) is 0. The molecule has 3 aromatic heterocycles. The van der Waals surface area contributed by atoms with Gasteiger partial charge in [0.25, 0.3) is 0 Å². The molecule has 1 aromatic carbocycles. The standard InChI is InChI=1S/C19H19N5O2S/c1-10-6-5-7-11(2)16(10)21-14(25)8-23-19(26)22-17-15-12(3)13(4)27-18(15)20-9-24(17)23/h5-7,9H,8H2,1-4H3,(H,21,25). The molecular formula is C19H19N5O2S. The van der Waals surface area contributed by atoms with Crippen LogP contribution in [0.1, 0.15) is 21.6 Å². The van der Waals surface area contributed by atoms with E-state index in [4.69, 9.17) is 0 Å². The Kier molecular flexibility index (Phi) is 4.07. The lowest BCUT2D eigenvalue weighted by atomic mass is 10.1. The van der Waals surface area contributed by atoms with Crippen LogP contribution in [0, 0.1) is 27.7 Å². The van der Waals surface area contributed by atoms with Crippen molar-refractivity contribution in [1.82, 2.24) is 19.2 Å². The van der Waals surface area contributed by atoms with Crippen molar-refractivity contribution in [2.45, 2.75) is 34.2 Å². The molecule has 7 nitrogen and oxygen atoms in total. The number of thiophene rings is 1. The molecule has 1 amide bonds. The molecule has 8 heteroatoms. The fraction of sp³-hybridized carbons (Fsp3) is 0.263. The van der Waals surface area contributed by atoms with E-state index in [1.807, 2.05) is 45.9 Å². The number of nitrogens with zero attached hydrogens (tertiary/aromatic N) is 4. The highest BCUT2D eigenvalue weighted by Crippen LogP contribution is 2.30. The normalized spacial score (nSPS) is 11.4. The summed E-state index contributed by atoms with van der Waals surface area (Å²) in [6.45, 7) is 7.75. The number of para-hydroxylation sites is 1. The Morgan fingerprint density at radius 1 is 1.19 bits per heavy atom. The third kappa shape index (κ3) is 2.82. The number of hydrogen-bond donors (Lipinski definition) is 1. The predicted octanol–water partition coefficient (Wildman–Crippen LogP) is 2.98. The zero-order chi connectivity index (χ0) is 19.3. The van der Waals surface area contributed by atoms with E-state index in [2.05, 4.69) is 15.3 Å². The van der Waals surface area contributed by atoms with Crippen LogP contribution in [0.2, 0.25) is 0 Å². The highest BCUT2D eigenvalue weighted by molar-refractivity contribution is 7.18. The van der Waals surface area contributed by atoms with Gasteiger partial charge in [-0.15, -0.1) is 11.3 Å². The summed E-state index contributed by atoms with van der Waals surface area (Å²) in [6.07, 6.45) is 1.55. The van der Waals surface area contributed by atoms with Crippen LogP contribution in [0.5, 0.6) is 0 Å². The number of amides is 1. The van der Waals surface area contributed by atoms with Gasteiger partial charge in [-0.05, 0) is 44.4 Å². The number of carbonyl (C=O) groups excluding carboxylic acids is 1. The first-order valence-electron chi connectivity index (χ1n) is 8.56. The molecule has 4 rings (SSSR count). The number of fused-ring (bicyclic) bond motifs is 3. The molecule has 0 aliphatic carbocycles. The molecule has 0 unspecified atom stereocenters. The number of benzene rings is 1. The molecule has 0 atom stereocenters. The SMILES string of the molecule is Cc1cccc(C)c1NC(=O)Cn1c(=O)nc2c3c(C)c(C)sc3ncn21. The minimum Gasteiger partial charge on any atom is -0.324 e. The number of aryl methyl sites for hydroxylation is 4. The lowest BCUT2D eigenvalue weighted by Crippen LogP contribution is -2.29. The van der Waals surface area contributed by atoms with Crippen molar-refractivity contribution in [3.05, 3.63) is 56.6 Å². The molecule has 4 aromatic rings. The second-order valence-electron chi connectivity index (χ2n) is 6.64. The molecule has 0 bridgehead atoms. The summed E-state index contributed by atoms with van der Waals surface area (Å²) >= 11 is 1.57. The van der Waals surface area contributed by atoms with Gasteiger partial charge >= 0.3 is 5.69 Å². The Balaban J connectivity index is 1.74. The summed E-state index contributed by atoms with van der Waals surface area (Å²) < 4.78 is 2.87. The highest BCUT2D eigenvalue weighted by Gasteiger charge is 2.17. The van der Waals surface area contributed by atoms with E-state index < -0.39 is 5.69 Å². The van der Waals surface area contributed by atoms with Crippen molar-refractivity contribution in [1.29, 1.82) is 0 Å². The van der Waals surface area contributed by atoms with Gasteiger partial charge in [-0.25, -0.2) is 19.0 Å². The molecule has 0 aliphatic rings. The van der Waals surface area contributed by atoms with Crippen molar-refractivity contribution in [2.75, 3.05) is 5.32 Å². The fourth-order valence-corrected chi connectivity index (χ4v) is 4.23. The average molecular weight is 381 g/mol. The maximum Gasteiger partial charge on any atom is 0.365 e. The molecule has 0 fully saturated rings. The van der Waals surface area contributed by atoms with Gasteiger partial charge in [-0.2, -0.15) is 4.98 Å². The minimum atomic E-state index is -0.468. The van der Waals surface area contributed by atoms with E-state index in [9.17, 15) is 9.59 Å². The van der Waals surface area contributed by atoms with Crippen molar-refractivity contribution in [2.24, 2.45) is 0 Å². The maximum absolute atomic E-state index is 12.6. The number of anilines is 1. The van der Waals surface area contributed by atoms with Gasteiger partial charge < -0.3 is 5.32 Å². The highest BCUT2D eigenvalue weighted by atomic mass is 32.1. The summed E-state index contributed by atoms with van der Waals surface area (Å²) in [5, 5.41) is 3.77. The van der Waals surface area contributed by atoms with Gasteiger partial charge in [0.2, 0.25) is 5.91 Å². The van der Waals surface area contributed by atoms with Crippen LogP contribution in [0.15, 0.2) is 29.3 Å². The Labute approximate surface area is 159 Å². The van der Waals surface area contributed by atoms with Crippen LogP contribution in [0.4, 0.5) is 5.69 Å². The van der Waals surface area contributed by atoms with E-state index in [1.165, 1.54) is 4.68 Å². The van der Waals surface area contributed by atoms with E-state index in [0.717, 1.165) is 37.5 Å². The lowest BCUT2D eigenvalue weighted by Gasteiger charge is -2.12. The van der Waals surface area contributed by atoms with Gasteiger partial charge in [-0.1, -0.05) is 18.2 Å². The third-order valence-electron chi connectivity index (χ3n) is 4.81. The summed E-state index contributed by atoms with van der Waals surface area (Å²) in [5.74, 6) is -0.283. The molecule has 138 valence electrons. The predicted molar refractivity (Wildman–Crippen MR) is 107 cm³/mol. The van der Waals surface area contributed by atoms with E-state index in [1.54, 1.807) is 22.2 Å². The fourth-order valence-electron chi connectivity index (χ4n) is 3.23. The second kappa shape index (κ2) is 6.31. The minimum absolute atomic E-state index is 0.136. The van der Waals surface area contributed by atoms with Gasteiger partial charge in [-0.3, -0.25) is 4.79 Å². The smallest absolute Gasteiger partial charge is 0.324 e. The molecule has 27 heavy (non-hydrogen) atoms. The Morgan fingerprint density at radius 2 is 1.89 bits per heavy atom. The first kappa shape index (κ1) is 17.4. The molecule has 3 heterocycles. The number of aromatic nitrogens is 4. The third-order valence-corrected chi connectivity index (χ3v) is 5.93. The first-order chi connectivity index (χ1) is 12.9. The van der Waals surface area contributed by atoms with Crippen LogP contribution < -0.4 is 11.0 Å². The second-order valence-corrected chi connectivity index (χ2v) is 7.85. The summed E-state index contributed by atoms with van der Waals surface area (Å²) in [5.41, 5.74) is 3.85. The topological polar surface area (TPSA) is 81.3 Å².